The molecule has 0 aliphatic rings. The maximum Gasteiger partial charge on any atom is 0.0463 e. The van der Waals surface area contributed by atoms with Crippen LogP contribution < -0.4 is 19.6 Å². The van der Waals surface area contributed by atoms with Gasteiger partial charge in [-0.25, -0.2) is 0 Å². The number of anilines is 8. The van der Waals surface area contributed by atoms with Crippen LogP contribution in [-0.2, 0) is 0 Å². The Hall–Kier alpha value is -7.82. The molecule has 4 heteroatoms. The van der Waals surface area contributed by atoms with Crippen LogP contribution >= 0.6 is 0 Å². The monoisotopic (exact) mass is 802 g/mol. The van der Waals surface area contributed by atoms with Crippen LogP contribution in [-0.4, -0.2) is 28.2 Å². The molecule has 4 nitrogen and oxygen atoms in total. The summed E-state index contributed by atoms with van der Waals surface area (Å²) in [6.45, 7) is 0. The molecule has 0 amide bonds. The summed E-state index contributed by atoms with van der Waals surface area (Å²) >= 11 is 0. The molecule has 0 saturated heterocycles. The van der Waals surface area contributed by atoms with Gasteiger partial charge in [0.1, 0.15) is 0 Å². The highest BCUT2D eigenvalue weighted by Crippen LogP contribution is 2.37. The summed E-state index contributed by atoms with van der Waals surface area (Å²) in [4.78, 5) is 8.84. The van der Waals surface area contributed by atoms with Crippen LogP contribution in [0.1, 0.15) is 22.3 Å². The topological polar surface area (TPSA) is 13.0 Å². The van der Waals surface area contributed by atoms with Crippen molar-refractivity contribution >= 4 is 91.3 Å². The number of benzene rings is 9. The highest BCUT2D eigenvalue weighted by atomic mass is 15.1. The van der Waals surface area contributed by atoms with Crippen molar-refractivity contribution in [1.29, 1.82) is 0 Å². The van der Waals surface area contributed by atoms with Crippen LogP contribution in [0, 0.1) is 0 Å². The van der Waals surface area contributed by atoms with Gasteiger partial charge in [-0.05, 0) is 165 Å². The van der Waals surface area contributed by atoms with Gasteiger partial charge in [-0.3, -0.25) is 0 Å². The van der Waals surface area contributed by atoms with Gasteiger partial charge in [-0.15, -0.1) is 0 Å². The van der Waals surface area contributed by atoms with E-state index in [1.807, 2.05) is 0 Å². The maximum atomic E-state index is 2.30. The molecule has 0 aliphatic heterocycles. The predicted molar refractivity (Wildman–Crippen MR) is 270 cm³/mol. The van der Waals surface area contributed by atoms with Crippen LogP contribution in [0.2, 0.25) is 0 Å². The molecule has 9 aromatic carbocycles. The Morgan fingerprint density at radius 2 is 0.516 bits per heavy atom. The minimum atomic E-state index is 1.12. The quantitative estimate of drug-likeness (QED) is 0.0901. The Bertz CT molecular complexity index is 2760. The van der Waals surface area contributed by atoms with E-state index in [0.29, 0.717) is 0 Å². The number of hydrogen-bond donors (Lipinski definition) is 0. The second-order valence-electron chi connectivity index (χ2n) is 16.1. The van der Waals surface area contributed by atoms with Crippen molar-refractivity contribution < 1.29 is 0 Å². The molecule has 62 heavy (non-hydrogen) atoms. The van der Waals surface area contributed by atoms with Gasteiger partial charge in [0.25, 0.3) is 0 Å². The largest absolute Gasteiger partial charge is 0.378 e. The van der Waals surface area contributed by atoms with Gasteiger partial charge in [0, 0.05) is 73.7 Å². The Morgan fingerprint density at radius 3 is 0.855 bits per heavy atom. The van der Waals surface area contributed by atoms with Crippen LogP contribution in [0.5, 0.6) is 0 Å². The summed E-state index contributed by atoms with van der Waals surface area (Å²) in [7, 11) is 8.27. The number of fused-ring (bicyclic) bond motifs is 2. The van der Waals surface area contributed by atoms with Crippen LogP contribution in [0.3, 0.4) is 0 Å². The second kappa shape index (κ2) is 17.8. The fraction of sp³-hybridized carbons (Fsp3) is 0.0690. The van der Waals surface area contributed by atoms with Crippen molar-refractivity contribution in [2.45, 2.75) is 0 Å². The molecule has 0 unspecified atom stereocenters. The minimum absolute atomic E-state index is 1.12. The zero-order valence-electron chi connectivity index (χ0n) is 35.7. The van der Waals surface area contributed by atoms with Gasteiger partial charge in [0.15, 0.2) is 0 Å². The van der Waals surface area contributed by atoms with E-state index >= 15 is 0 Å². The zero-order valence-corrected chi connectivity index (χ0v) is 35.7. The highest BCUT2D eigenvalue weighted by Gasteiger charge is 2.14. The first-order valence-corrected chi connectivity index (χ1v) is 21.1. The van der Waals surface area contributed by atoms with Crippen molar-refractivity contribution in [3.05, 3.63) is 229 Å². The number of hydrogen-bond acceptors (Lipinski definition) is 4. The lowest BCUT2D eigenvalue weighted by molar-refractivity contribution is 1.13. The number of para-hydroxylation sites is 2. The summed E-state index contributed by atoms with van der Waals surface area (Å²) in [5, 5.41) is 4.93. The normalized spacial score (nSPS) is 11.4. The van der Waals surface area contributed by atoms with E-state index in [2.05, 4.69) is 278 Å². The zero-order chi connectivity index (χ0) is 42.4. The lowest BCUT2D eigenvalue weighted by Crippen LogP contribution is -2.11. The summed E-state index contributed by atoms with van der Waals surface area (Å²) in [5.41, 5.74) is 13.7. The molecule has 0 aliphatic carbocycles. The van der Waals surface area contributed by atoms with Gasteiger partial charge in [0.05, 0.1) is 0 Å². The van der Waals surface area contributed by atoms with E-state index in [-0.39, 0.29) is 0 Å². The van der Waals surface area contributed by atoms with Gasteiger partial charge in [0.2, 0.25) is 0 Å². The van der Waals surface area contributed by atoms with E-state index in [9.17, 15) is 0 Å². The minimum Gasteiger partial charge on any atom is -0.378 e. The average molecular weight is 803 g/mol. The van der Waals surface area contributed by atoms with Crippen molar-refractivity contribution in [2.24, 2.45) is 0 Å². The van der Waals surface area contributed by atoms with Crippen LogP contribution in [0.25, 0.3) is 45.8 Å². The van der Waals surface area contributed by atoms with Crippen LogP contribution in [0.15, 0.2) is 206 Å². The first-order valence-electron chi connectivity index (χ1n) is 21.1. The Balaban J connectivity index is 0.895. The van der Waals surface area contributed by atoms with Crippen molar-refractivity contribution in [2.75, 3.05) is 47.8 Å². The van der Waals surface area contributed by atoms with Crippen molar-refractivity contribution in [1.82, 2.24) is 0 Å². The SMILES string of the molecule is CN(C)c1ccc(N(c2ccccc2)c2ccc(C=Cc3ccc4cc5cc(C=Cc6ccc(N(c7ccccc7)c7ccc(N(C)C)cc7)cc6)ccc5cc4c3)cc2)cc1. The van der Waals surface area contributed by atoms with E-state index in [4.69, 9.17) is 0 Å². The van der Waals surface area contributed by atoms with E-state index in [1.54, 1.807) is 0 Å². The standard InChI is InChI=1S/C58H50N4/c1-59(2)51-31-35-57(36-32-51)61(53-11-7-5-8-12-53)55-27-21-43(22-28-55)15-17-45-19-25-47-42-50-40-46(20-26-48(50)41-49(47)39-45)18-16-44-23-29-56(30-24-44)62(54-13-9-6-10-14-54)58-37-33-52(34-38-58)60(3)4/h5-42H,1-4H3. The Labute approximate surface area is 366 Å². The highest BCUT2D eigenvalue weighted by molar-refractivity contribution is 6.00. The van der Waals surface area contributed by atoms with Gasteiger partial charge in [-0.1, -0.05) is 109 Å². The van der Waals surface area contributed by atoms with E-state index in [0.717, 1.165) is 45.3 Å². The summed E-state index contributed by atoms with van der Waals surface area (Å²) in [6, 6.07) is 74.1. The molecule has 0 aromatic heterocycles. The Morgan fingerprint density at radius 1 is 0.242 bits per heavy atom. The molecule has 9 aromatic rings. The van der Waals surface area contributed by atoms with Crippen LogP contribution in [0.4, 0.5) is 45.5 Å². The molecule has 302 valence electrons. The third kappa shape index (κ3) is 8.86. The molecule has 0 heterocycles. The maximum absolute atomic E-state index is 2.30. The smallest absolute Gasteiger partial charge is 0.0463 e. The van der Waals surface area contributed by atoms with Gasteiger partial charge >= 0.3 is 0 Å². The van der Waals surface area contributed by atoms with E-state index in [1.165, 1.54) is 44.0 Å². The summed E-state index contributed by atoms with van der Waals surface area (Å²) in [5.74, 6) is 0. The third-order valence-corrected chi connectivity index (χ3v) is 11.4. The lowest BCUT2D eigenvalue weighted by atomic mass is 9.99. The molecule has 0 N–H and O–H groups in total. The molecular weight excluding hydrogens is 753 g/mol. The van der Waals surface area contributed by atoms with Crippen molar-refractivity contribution in [3.63, 3.8) is 0 Å². The molecule has 0 saturated carbocycles. The molecule has 0 bridgehead atoms. The molecule has 0 fully saturated rings. The van der Waals surface area contributed by atoms with E-state index < -0.39 is 0 Å². The molecule has 0 spiro atoms. The van der Waals surface area contributed by atoms with Gasteiger partial charge < -0.3 is 19.6 Å². The molecule has 9 rings (SSSR count). The third-order valence-electron chi connectivity index (χ3n) is 11.4. The summed E-state index contributed by atoms with van der Waals surface area (Å²) < 4.78 is 0. The number of rotatable bonds is 12. The fourth-order valence-corrected chi connectivity index (χ4v) is 7.94. The first-order chi connectivity index (χ1) is 30.3. The Kier molecular flexibility index (Phi) is 11.4. The van der Waals surface area contributed by atoms with Crippen molar-refractivity contribution in [3.8, 4) is 0 Å². The molecule has 0 radical (unpaired) electrons. The fourth-order valence-electron chi connectivity index (χ4n) is 7.94. The second-order valence-corrected chi connectivity index (χ2v) is 16.1. The number of nitrogens with zero attached hydrogens (tertiary/aromatic N) is 4. The van der Waals surface area contributed by atoms with Gasteiger partial charge in [-0.2, -0.15) is 0 Å². The predicted octanol–water partition coefficient (Wildman–Crippen LogP) is 15.4. The summed E-state index contributed by atoms with van der Waals surface area (Å²) in [6.07, 6.45) is 8.80. The molecule has 0 atom stereocenters. The molecular formula is C58H50N4. The lowest BCUT2D eigenvalue weighted by Gasteiger charge is -2.26. The average Bonchev–Trinajstić information content (AvgIpc) is 3.31. The first kappa shape index (κ1) is 39.6.